The van der Waals surface area contributed by atoms with Crippen molar-refractivity contribution in [3.05, 3.63) is 95.4 Å². The minimum Gasteiger partial charge on any atom is -0.368 e. The van der Waals surface area contributed by atoms with E-state index < -0.39 is 0 Å². The average Bonchev–Trinajstić information content (AvgIpc) is 3.01. The first-order valence-electron chi connectivity index (χ1n) is 9.40. The number of hydrogen-bond donors (Lipinski definition) is 1. The Balaban J connectivity index is 0.000000190. The van der Waals surface area contributed by atoms with Crippen molar-refractivity contribution in [3.8, 4) is 11.1 Å². The number of aryl methyl sites for hydroxylation is 2. The Kier molecular flexibility index (Phi) is 4.83. The quantitative estimate of drug-likeness (QED) is 0.673. The molecule has 25 heavy (non-hydrogen) atoms. The molecule has 0 saturated carbocycles. The molecule has 0 spiro atoms. The second-order valence-corrected chi connectivity index (χ2v) is 6.86. The van der Waals surface area contributed by atoms with E-state index in [-0.39, 0.29) is 0 Å². The van der Waals surface area contributed by atoms with Gasteiger partial charge in [0.2, 0.25) is 0 Å². The van der Waals surface area contributed by atoms with Crippen LogP contribution in [0.2, 0.25) is 0 Å². The summed E-state index contributed by atoms with van der Waals surface area (Å²) < 4.78 is 0. The fourth-order valence-electron chi connectivity index (χ4n) is 4.11. The van der Waals surface area contributed by atoms with Crippen LogP contribution in [0.3, 0.4) is 0 Å². The largest absolute Gasteiger partial charge is 0.368 e. The van der Waals surface area contributed by atoms with Crippen LogP contribution < -0.4 is 5.32 Å². The molecule has 0 unspecified atom stereocenters. The maximum Gasteiger partial charge on any atom is 0.000442 e. The zero-order chi connectivity index (χ0) is 16.9. The van der Waals surface area contributed by atoms with E-state index >= 15 is 0 Å². The van der Waals surface area contributed by atoms with Gasteiger partial charge in [0.25, 0.3) is 0 Å². The summed E-state index contributed by atoms with van der Waals surface area (Å²) in [7, 11) is 0. The Morgan fingerprint density at radius 2 is 1.36 bits per heavy atom. The normalized spacial score (nSPS) is 16.5. The molecule has 2 aromatic carbocycles. The van der Waals surface area contributed by atoms with Crippen molar-refractivity contribution >= 4 is 0 Å². The highest BCUT2D eigenvalue weighted by molar-refractivity contribution is 5.75. The monoisotopic (exact) mass is 327 g/mol. The number of rotatable bonds is 0. The molecule has 3 aliphatic rings. The van der Waals surface area contributed by atoms with Crippen molar-refractivity contribution in [1.29, 1.82) is 0 Å². The van der Waals surface area contributed by atoms with Crippen LogP contribution in [0, 0.1) is 0 Å². The highest BCUT2D eigenvalue weighted by Gasteiger charge is 2.21. The van der Waals surface area contributed by atoms with Crippen molar-refractivity contribution < 1.29 is 0 Å². The van der Waals surface area contributed by atoms with Crippen molar-refractivity contribution in [2.75, 3.05) is 0 Å². The van der Waals surface area contributed by atoms with Crippen LogP contribution in [-0.2, 0) is 25.7 Å². The lowest BCUT2D eigenvalue weighted by atomic mass is 9.78. The van der Waals surface area contributed by atoms with E-state index in [1.165, 1.54) is 55.2 Å². The lowest BCUT2D eigenvalue weighted by molar-refractivity contribution is 0.676. The maximum atomic E-state index is 2.92. The van der Waals surface area contributed by atoms with E-state index in [2.05, 4.69) is 41.7 Å². The second-order valence-electron chi connectivity index (χ2n) is 6.86. The van der Waals surface area contributed by atoms with Crippen LogP contribution in [0.25, 0.3) is 11.1 Å². The third-order valence-corrected chi connectivity index (χ3v) is 5.32. The van der Waals surface area contributed by atoms with E-state index in [0.717, 1.165) is 0 Å². The molecule has 0 bridgehead atoms. The number of allylic oxidation sites excluding steroid dienone is 4. The van der Waals surface area contributed by atoms with Crippen LogP contribution in [0.4, 0.5) is 0 Å². The first-order valence-corrected chi connectivity index (χ1v) is 9.40. The summed E-state index contributed by atoms with van der Waals surface area (Å²) in [6, 6.07) is 13.7. The van der Waals surface area contributed by atoms with E-state index in [9.17, 15) is 0 Å². The van der Waals surface area contributed by atoms with Crippen molar-refractivity contribution in [2.24, 2.45) is 0 Å². The van der Waals surface area contributed by atoms with E-state index in [4.69, 9.17) is 0 Å². The molecule has 0 aromatic heterocycles. The standard InChI is InChI=1S/C18H18.C6H7N/c1-3-7-15-13(5-1)9-11-18-16-8-4-2-6-14(16)10-12-17(15)18;1-2-4-6-7-5-3-1/h1,3,5,7,10,12H,2,4,6,8-9,11H2;1-7H. The zero-order valence-corrected chi connectivity index (χ0v) is 14.7. The van der Waals surface area contributed by atoms with Gasteiger partial charge in [0.1, 0.15) is 0 Å². The molecule has 0 fully saturated rings. The molecule has 2 aliphatic carbocycles. The Morgan fingerprint density at radius 1 is 0.560 bits per heavy atom. The van der Waals surface area contributed by atoms with Gasteiger partial charge in [-0.25, -0.2) is 0 Å². The molecule has 1 heteroatoms. The molecular weight excluding hydrogens is 302 g/mol. The summed E-state index contributed by atoms with van der Waals surface area (Å²) in [5.41, 5.74) is 9.49. The smallest absolute Gasteiger partial charge is 0.000442 e. The summed E-state index contributed by atoms with van der Waals surface area (Å²) in [4.78, 5) is 0. The Morgan fingerprint density at radius 3 is 2.24 bits per heavy atom. The number of benzene rings is 2. The molecule has 0 amide bonds. The van der Waals surface area contributed by atoms with E-state index in [1.54, 1.807) is 16.7 Å². The molecule has 1 aliphatic heterocycles. The third-order valence-electron chi connectivity index (χ3n) is 5.32. The molecule has 2 aromatic rings. The summed E-state index contributed by atoms with van der Waals surface area (Å²) in [6.45, 7) is 0. The molecule has 5 rings (SSSR count). The predicted octanol–water partition coefficient (Wildman–Crippen LogP) is 5.50. The Bertz CT molecular complexity index is 825. The topological polar surface area (TPSA) is 12.0 Å². The summed E-state index contributed by atoms with van der Waals surface area (Å²) in [5, 5.41) is 2.92. The van der Waals surface area contributed by atoms with Gasteiger partial charge in [-0.05, 0) is 84.1 Å². The van der Waals surface area contributed by atoms with Gasteiger partial charge >= 0.3 is 0 Å². The fraction of sp³-hybridized carbons (Fsp3) is 0.250. The third kappa shape index (κ3) is 3.46. The molecular formula is C24H25N. The van der Waals surface area contributed by atoms with Gasteiger partial charge in [-0.3, -0.25) is 0 Å². The lowest BCUT2D eigenvalue weighted by Crippen LogP contribution is -2.12. The van der Waals surface area contributed by atoms with Gasteiger partial charge in [-0.1, -0.05) is 48.6 Å². The Labute approximate surface area is 150 Å². The van der Waals surface area contributed by atoms with Gasteiger partial charge in [-0.15, -0.1) is 0 Å². The maximum absolute atomic E-state index is 2.92. The Hall–Kier alpha value is -2.54. The minimum atomic E-state index is 1.22. The SMILES string of the molecule is C1=CC=CNC=C1.c1ccc2c(c1)CCc1c-2ccc2c1CCCC2. The van der Waals surface area contributed by atoms with Gasteiger partial charge < -0.3 is 5.32 Å². The summed E-state index contributed by atoms with van der Waals surface area (Å²) >= 11 is 0. The highest BCUT2D eigenvalue weighted by atomic mass is 14.8. The van der Waals surface area contributed by atoms with Gasteiger partial charge in [0.15, 0.2) is 0 Å². The minimum absolute atomic E-state index is 1.22. The summed E-state index contributed by atoms with van der Waals surface area (Å²) in [5.74, 6) is 0. The fourth-order valence-corrected chi connectivity index (χ4v) is 4.11. The number of nitrogens with one attached hydrogen (secondary N) is 1. The molecule has 1 heterocycles. The molecule has 0 saturated heterocycles. The summed E-state index contributed by atoms with van der Waals surface area (Å²) in [6.07, 6.45) is 19.4. The van der Waals surface area contributed by atoms with Crippen LogP contribution >= 0.6 is 0 Å². The zero-order valence-electron chi connectivity index (χ0n) is 14.7. The highest BCUT2D eigenvalue weighted by Crippen LogP contribution is 2.38. The van der Waals surface area contributed by atoms with Gasteiger partial charge in [0, 0.05) is 12.4 Å². The molecule has 0 atom stereocenters. The van der Waals surface area contributed by atoms with Gasteiger partial charge in [0.05, 0.1) is 0 Å². The van der Waals surface area contributed by atoms with Crippen molar-refractivity contribution in [2.45, 2.75) is 38.5 Å². The van der Waals surface area contributed by atoms with Crippen molar-refractivity contribution in [1.82, 2.24) is 5.32 Å². The predicted molar refractivity (Wildman–Crippen MR) is 106 cm³/mol. The second kappa shape index (κ2) is 7.57. The van der Waals surface area contributed by atoms with Crippen LogP contribution in [0.5, 0.6) is 0 Å². The van der Waals surface area contributed by atoms with Crippen molar-refractivity contribution in [3.63, 3.8) is 0 Å². The molecule has 126 valence electrons. The van der Waals surface area contributed by atoms with Gasteiger partial charge in [-0.2, -0.15) is 0 Å². The average molecular weight is 327 g/mol. The number of fused-ring (bicyclic) bond motifs is 5. The first-order chi connectivity index (χ1) is 12.4. The van der Waals surface area contributed by atoms with E-state index in [1.807, 2.05) is 36.7 Å². The van der Waals surface area contributed by atoms with Crippen LogP contribution in [-0.4, -0.2) is 0 Å². The van der Waals surface area contributed by atoms with E-state index in [0.29, 0.717) is 0 Å². The van der Waals surface area contributed by atoms with Crippen LogP contribution in [0.15, 0.2) is 73.1 Å². The molecule has 1 N–H and O–H groups in total. The lowest BCUT2D eigenvalue weighted by Gasteiger charge is -2.26. The first kappa shape index (κ1) is 16.0. The number of hydrogen-bond acceptors (Lipinski definition) is 1. The molecule has 0 radical (unpaired) electrons. The molecule has 1 nitrogen and oxygen atoms in total. The van der Waals surface area contributed by atoms with Crippen LogP contribution in [0.1, 0.15) is 35.1 Å².